The molecule has 0 bridgehead atoms. The van der Waals surface area contributed by atoms with Crippen LogP contribution in [0.15, 0.2) is 41.4 Å². The van der Waals surface area contributed by atoms with Gasteiger partial charge in [-0.1, -0.05) is 30.3 Å². The van der Waals surface area contributed by atoms with Gasteiger partial charge >= 0.3 is 0 Å². The second-order valence-corrected chi connectivity index (χ2v) is 4.86. The first-order chi connectivity index (χ1) is 8.79. The zero-order valence-corrected chi connectivity index (χ0v) is 10.7. The van der Waals surface area contributed by atoms with Gasteiger partial charge in [-0.15, -0.1) is 11.8 Å². The number of anilines is 1. The second kappa shape index (κ2) is 6.37. The molecule has 0 aliphatic carbocycles. The molecule has 0 atom stereocenters. The van der Waals surface area contributed by atoms with Crippen molar-refractivity contribution in [2.45, 2.75) is 11.4 Å². The molecule has 1 aromatic carbocycles. The minimum absolute atomic E-state index is 0.194. The summed E-state index contributed by atoms with van der Waals surface area (Å²) in [5, 5.41) is 9.60. The maximum absolute atomic E-state index is 8.76. The Morgan fingerprint density at radius 1 is 1.17 bits per heavy atom. The van der Waals surface area contributed by atoms with E-state index in [0.717, 1.165) is 22.8 Å². The first kappa shape index (κ1) is 12.9. The minimum Gasteiger partial charge on any atom is -0.396 e. The third kappa shape index (κ3) is 3.45. The summed E-state index contributed by atoms with van der Waals surface area (Å²) >= 11 is 1.58. The van der Waals surface area contributed by atoms with Crippen molar-refractivity contribution in [2.24, 2.45) is 0 Å². The third-order valence-corrected chi connectivity index (χ3v) is 3.30. The van der Waals surface area contributed by atoms with Gasteiger partial charge in [0.05, 0.1) is 0 Å². The predicted octanol–water partition coefficient (Wildman–Crippen LogP) is 2.20. The first-order valence-electron chi connectivity index (χ1n) is 5.73. The van der Waals surface area contributed by atoms with Gasteiger partial charge in [0.25, 0.3) is 0 Å². The van der Waals surface area contributed by atoms with Crippen molar-refractivity contribution in [3.05, 3.63) is 36.4 Å². The Hall–Kier alpha value is -1.59. The number of nitrogens with zero attached hydrogens (tertiary/aromatic N) is 2. The quantitative estimate of drug-likeness (QED) is 0.490. The largest absolute Gasteiger partial charge is 0.396 e. The Bertz CT molecular complexity index is 505. The zero-order valence-electron chi connectivity index (χ0n) is 9.91. The molecule has 94 valence electrons. The summed E-state index contributed by atoms with van der Waals surface area (Å²) in [4.78, 5) is 8.70. The average Bonchev–Trinajstić information content (AvgIpc) is 2.39. The Morgan fingerprint density at radius 3 is 2.67 bits per heavy atom. The monoisotopic (exact) mass is 261 g/mol. The van der Waals surface area contributed by atoms with Gasteiger partial charge in [0.15, 0.2) is 5.82 Å². The van der Waals surface area contributed by atoms with Gasteiger partial charge < -0.3 is 10.8 Å². The van der Waals surface area contributed by atoms with Gasteiger partial charge in [0.1, 0.15) is 10.8 Å². The zero-order chi connectivity index (χ0) is 12.8. The highest BCUT2D eigenvalue weighted by Gasteiger charge is 2.05. The predicted molar refractivity (Wildman–Crippen MR) is 74.3 cm³/mol. The number of hydrogen-bond donors (Lipinski definition) is 2. The van der Waals surface area contributed by atoms with Gasteiger partial charge in [-0.05, 0) is 6.42 Å². The summed E-state index contributed by atoms with van der Waals surface area (Å²) in [7, 11) is 0. The molecule has 0 aliphatic rings. The van der Waals surface area contributed by atoms with Crippen molar-refractivity contribution in [3.8, 4) is 11.4 Å². The van der Waals surface area contributed by atoms with Crippen LogP contribution in [-0.4, -0.2) is 27.4 Å². The van der Waals surface area contributed by atoms with Crippen LogP contribution >= 0.6 is 11.8 Å². The summed E-state index contributed by atoms with van der Waals surface area (Å²) in [5.74, 6) is 1.93. The van der Waals surface area contributed by atoms with Crippen molar-refractivity contribution < 1.29 is 5.11 Å². The first-order valence-corrected chi connectivity index (χ1v) is 6.72. The fourth-order valence-corrected chi connectivity index (χ4v) is 2.31. The summed E-state index contributed by atoms with van der Waals surface area (Å²) in [5.41, 5.74) is 6.74. The van der Waals surface area contributed by atoms with Crippen LogP contribution in [0.3, 0.4) is 0 Å². The van der Waals surface area contributed by atoms with E-state index in [1.54, 1.807) is 17.8 Å². The number of aliphatic hydroxyl groups excluding tert-OH is 1. The molecule has 18 heavy (non-hydrogen) atoms. The lowest BCUT2D eigenvalue weighted by Crippen LogP contribution is -1.97. The van der Waals surface area contributed by atoms with Gasteiger partial charge in [0.2, 0.25) is 0 Å². The molecule has 0 spiro atoms. The van der Waals surface area contributed by atoms with E-state index >= 15 is 0 Å². The molecule has 0 aliphatic heterocycles. The average molecular weight is 261 g/mol. The molecule has 0 amide bonds. The van der Waals surface area contributed by atoms with Gasteiger partial charge in [-0.25, -0.2) is 9.97 Å². The van der Waals surface area contributed by atoms with Crippen molar-refractivity contribution in [1.82, 2.24) is 9.97 Å². The fourth-order valence-electron chi connectivity index (χ4n) is 1.47. The van der Waals surface area contributed by atoms with Gasteiger partial charge in [-0.2, -0.15) is 0 Å². The molecule has 2 aromatic rings. The summed E-state index contributed by atoms with van der Waals surface area (Å²) in [6.45, 7) is 0.194. The number of rotatable bonds is 5. The van der Waals surface area contributed by atoms with Gasteiger partial charge in [-0.3, -0.25) is 0 Å². The van der Waals surface area contributed by atoms with Crippen LogP contribution in [-0.2, 0) is 0 Å². The standard InChI is InChI=1S/C13H15N3OS/c14-11-9-12(18-8-4-7-17)16-13(15-11)10-5-2-1-3-6-10/h1-3,5-6,9,17H,4,7-8H2,(H2,14,15,16). The lowest BCUT2D eigenvalue weighted by atomic mass is 10.2. The van der Waals surface area contributed by atoms with Crippen molar-refractivity contribution >= 4 is 17.6 Å². The molecule has 0 saturated carbocycles. The number of aliphatic hydroxyl groups is 1. The molecule has 0 unspecified atom stereocenters. The van der Waals surface area contributed by atoms with E-state index in [1.165, 1.54) is 0 Å². The Kier molecular flexibility index (Phi) is 4.55. The molecule has 1 aromatic heterocycles. The molecule has 1 heterocycles. The van der Waals surface area contributed by atoms with Crippen LogP contribution in [0.1, 0.15) is 6.42 Å². The normalized spacial score (nSPS) is 10.5. The number of hydrogen-bond acceptors (Lipinski definition) is 5. The van der Waals surface area contributed by atoms with E-state index in [4.69, 9.17) is 10.8 Å². The fraction of sp³-hybridized carbons (Fsp3) is 0.231. The molecule has 2 rings (SSSR count). The molecule has 3 N–H and O–H groups in total. The number of aromatic nitrogens is 2. The lowest BCUT2D eigenvalue weighted by molar-refractivity contribution is 0.296. The highest BCUT2D eigenvalue weighted by molar-refractivity contribution is 7.99. The highest BCUT2D eigenvalue weighted by atomic mass is 32.2. The Labute approximate surface area is 110 Å². The summed E-state index contributed by atoms with van der Waals surface area (Å²) in [6.07, 6.45) is 0.745. The molecular weight excluding hydrogens is 246 g/mol. The number of benzene rings is 1. The van der Waals surface area contributed by atoms with E-state index in [2.05, 4.69) is 9.97 Å². The Morgan fingerprint density at radius 2 is 1.94 bits per heavy atom. The number of thioether (sulfide) groups is 1. The van der Waals surface area contributed by atoms with Crippen LogP contribution in [0.5, 0.6) is 0 Å². The van der Waals surface area contributed by atoms with Gasteiger partial charge in [0, 0.05) is 24.0 Å². The number of nitrogens with two attached hydrogens (primary N) is 1. The topological polar surface area (TPSA) is 72.0 Å². The van der Waals surface area contributed by atoms with Crippen LogP contribution in [0.4, 0.5) is 5.82 Å². The Balaban J connectivity index is 2.21. The van der Waals surface area contributed by atoms with Crippen molar-refractivity contribution in [2.75, 3.05) is 18.1 Å². The SMILES string of the molecule is Nc1cc(SCCCO)nc(-c2ccccc2)n1. The van der Waals surface area contributed by atoms with E-state index in [0.29, 0.717) is 11.6 Å². The minimum atomic E-state index is 0.194. The van der Waals surface area contributed by atoms with Crippen LogP contribution in [0.25, 0.3) is 11.4 Å². The molecule has 4 nitrogen and oxygen atoms in total. The van der Waals surface area contributed by atoms with Crippen molar-refractivity contribution in [1.29, 1.82) is 0 Å². The third-order valence-electron chi connectivity index (χ3n) is 2.31. The van der Waals surface area contributed by atoms with Crippen LogP contribution < -0.4 is 5.73 Å². The van der Waals surface area contributed by atoms with Crippen molar-refractivity contribution in [3.63, 3.8) is 0 Å². The summed E-state index contributed by atoms with van der Waals surface area (Å²) in [6, 6.07) is 11.5. The van der Waals surface area contributed by atoms with Crippen LogP contribution in [0.2, 0.25) is 0 Å². The molecule has 0 saturated heterocycles. The smallest absolute Gasteiger partial charge is 0.162 e. The number of nitrogen functional groups attached to an aromatic ring is 1. The van der Waals surface area contributed by atoms with E-state index in [1.807, 2.05) is 30.3 Å². The second-order valence-electron chi connectivity index (χ2n) is 3.75. The van der Waals surface area contributed by atoms with E-state index in [-0.39, 0.29) is 6.61 Å². The highest BCUT2D eigenvalue weighted by Crippen LogP contribution is 2.22. The molecular formula is C13H15N3OS. The maximum atomic E-state index is 8.76. The molecule has 0 radical (unpaired) electrons. The maximum Gasteiger partial charge on any atom is 0.162 e. The van der Waals surface area contributed by atoms with E-state index < -0.39 is 0 Å². The molecule has 5 heteroatoms. The molecule has 0 fully saturated rings. The summed E-state index contributed by atoms with van der Waals surface area (Å²) < 4.78 is 0. The van der Waals surface area contributed by atoms with Crippen LogP contribution in [0, 0.1) is 0 Å². The van der Waals surface area contributed by atoms with E-state index in [9.17, 15) is 0 Å². The lowest BCUT2D eigenvalue weighted by Gasteiger charge is -2.05.